The summed E-state index contributed by atoms with van der Waals surface area (Å²) in [7, 11) is 0. The average molecular weight is 259 g/mol. The maximum atomic E-state index is 12.4. The van der Waals surface area contributed by atoms with Crippen molar-refractivity contribution in [3.05, 3.63) is 24.3 Å². The highest BCUT2D eigenvalue weighted by molar-refractivity contribution is 6.10. The molecule has 1 aromatic carbocycles. The quantitative estimate of drug-likeness (QED) is 0.864. The van der Waals surface area contributed by atoms with Gasteiger partial charge >= 0.3 is 0 Å². The summed E-state index contributed by atoms with van der Waals surface area (Å²) < 4.78 is 0. The molecule has 1 aromatic rings. The van der Waals surface area contributed by atoms with Crippen LogP contribution in [0.3, 0.4) is 0 Å². The summed E-state index contributed by atoms with van der Waals surface area (Å²) in [6.45, 7) is 2.48. The summed E-state index contributed by atoms with van der Waals surface area (Å²) >= 11 is 0. The molecule has 0 bridgehead atoms. The van der Waals surface area contributed by atoms with E-state index < -0.39 is 0 Å². The highest BCUT2D eigenvalue weighted by Gasteiger charge is 2.28. The highest BCUT2D eigenvalue weighted by atomic mass is 16.2. The molecule has 100 valence electrons. The lowest BCUT2D eigenvalue weighted by Gasteiger charge is -2.30. The van der Waals surface area contributed by atoms with Crippen LogP contribution in [0.5, 0.6) is 0 Å². The number of anilines is 2. The van der Waals surface area contributed by atoms with E-state index >= 15 is 0 Å². The SMILES string of the molecule is O=C1CN(C(=O)CN2CCCC2)c2ccccc2N1. The number of amides is 2. The molecule has 0 atom stereocenters. The molecule has 0 spiro atoms. The number of carbonyl (C=O) groups is 2. The predicted molar refractivity (Wildman–Crippen MR) is 73.1 cm³/mol. The lowest BCUT2D eigenvalue weighted by Crippen LogP contribution is -2.46. The smallest absolute Gasteiger partial charge is 0.244 e. The third kappa shape index (κ3) is 2.46. The van der Waals surface area contributed by atoms with Gasteiger partial charge < -0.3 is 5.32 Å². The topological polar surface area (TPSA) is 52.7 Å². The van der Waals surface area contributed by atoms with Crippen molar-refractivity contribution in [2.45, 2.75) is 12.8 Å². The minimum atomic E-state index is -0.131. The molecular weight excluding hydrogens is 242 g/mol. The van der Waals surface area contributed by atoms with E-state index in [0.717, 1.165) is 31.6 Å². The zero-order valence-electron chi connectivity index (χ0n) is 10.8. The second kappa shape index (κ2) is 5.01. The minimum absolute atomic E-state index is 0.00389. The zero-order chi connectivity index (χ0) is 13.2. The maximum absolute atomic E-state index is 12.4. The Labute approximate surface area is 112 Å². The molecule has 1 N–H and O–H groups in total. The van der Waals surface area contributed by atoms with Gasteiger partial charge in [0.2, 0.25) is 11.8 Å². The summed E-state index contributed by atoms with van der Waals surface area (Å²) in [4.78, 5) is 27.8. The average Bonchev–Trinajstić information content (AvgIpc) is 2.90. The number of nitrogens with zero attached hydrogens (tertiary/aromatic N) is 2. The van der Waals surface area contributed by atoms with Gasteiger partial charge in [0, 0.05) is 0 Å². The van der Waals surface area contributed by atoms with Gasteiger partial charge in [-0.1, -0.05) is 12.1 Å². The number of hydrogen-bond donors (Lipinski definition) is 1. The minimum Gasteiger partial charge on any atom is -0.323 e. The van der Waals surface area contributed by atoms with Crippen LogP contribution in [-0.4, -0.2) is 42.9 Å². The van der Waals surface area contributed by atoms with Crippen LogP contribution >= 0.6 is 0 Å². The van der Waals surface area contributed by atoms with E-state index in [1.807, 2.05) is 24.3 Å². The molecule has 1 fully saturated rings. The van der Waals surface area contributed by atoms with Crippen LogP contribution in [0, 0.1) is 0 Å². The summed E-state index contributed by atoms with van der Waals surface area (Å²) in [5, 5.41) is 2.79. The molecular formula is C14H17N3O2. The van der Waals surface area contributed by atoms with Gasteiger partial charge in [-0.2, -0.15) is 0 Å². The second-order valence-corrected chi connectivity index (χ2v) is 5.03. The normalized spacial score (nSPS) is 19.2. The fourth-order valence-electron chi connectivity index (χ4n) is 2.67. The van der Waals surface area contributed by atoms with Crippen LogP contribution < -0.4 is 10.2 Å². The van der Waals surface area contributed by atoms with Crippen LogP contribution in [0.2, 0.25) is 0 Å². The van der Waals surface area contributed by atoms with E-state index in [9.17, 15) is 9.59 Å². The Hall–Kier alpha value is -1.88. The number of para-hydroxylation sites is 2. The number of carbonyl (C=O) groups excluding carboxylic acids is 2. The van der Waals surface area contributed by atoms with Crippen LogP contribution in [0.4, 0.5) is 11.4 Å². The Balaban J connectivity index is 1.79. The number of fused-ring (bicyclic) bond motifs is 1. The van der Waals surface area contributed by atoms with Gasteiger partial charge in [-0.25, -0.2) is 0 Å². The van der Waals surface area contributed by atoms with Crippen molar-refractivity contribution < 1.29 is 9.59 Å². The highest BCUT2D eigenvalue weighted by Crippen LogP contribution is 2.29. The lowest BCUT2D eigenvalue weighted by atomic mass is 10.2. The third-order valence-electron chi connectivity index (χ3n) is 3.63. The summed E-state index contributed by atoms with van der Waals surface area (Å²) in [6.07, 6.45) is 2.31. The summed E-state index contributed by atoms with van der Waals surface area (Å²) in [5.74, 6) is -0.127. The molecule has 2 aliphatic rings. The van der Waals surface area contributed by atoms with Crippen LogP contribution in [0.25, 0.3) is 0 Å². The largest absolute Gasteiger partial charge is 0.323 e. The van der Waals surface area contributed by atoms with Gasteiger partial charge in [0.15, 0.2) is 0 Å². The van der Waals surface area contributed by atoms with E-state index in [1.165, 1.54) is 0 Å². The first kappa shape index (κ1) is 12.2. The Morgan fingerprint density at radius 1 is 1.21 bits per heavy atom. The molecule has 0 aromatic heterocycles. The molecule has 2 heterocycles. The fourth-order valence-corrected chi connectivity index (χ4v) is 2.67. The molecule has 19 heavy (non-hydrogen) atoms. The number of nitrogens with one attached hydrogen (secondary N) is 1. The van der Waals surface area contributed by atoms with E-state index in [0.29, 0.717) is 12.2 Å². The Morgan fingerprint density at radius 3 is 2.74 bits per heavy atom. The van der Waals surface area contributed by atoms with Crippen molar-refractivity contribution in [1.29, 1.82) is 0 Å². The van der Waals surface area contributed by atoms with Crippen molar-refractivity contribution in [2.24, 2.45) is 0 Å². The van der Waals surface area contributed by atoms with Gasteiger partial charge in [0.05, 0.1) is 17.9 Å². The number of rotatable bonds is 2. The zero-order valence-corrected chi connectivity index (χ0v) is 10.8. The molecule has 5 nitrogen and oxygen atoms in total. The fraction of sp³-hybridized carbons (Fsp3) is 0.429. The summed E-state index contributed by atoms with van der Waals surface area (Å²) in [6, 6.07) is 7.43. The van der Waals surface area contributed by atoms with E-state index in [1.54, 1.807) is 4.90 Å². The van der Waals surface area contributed by atoms with Gasteiger partial charge in [-0.3, -0.25) is 19.4 Å². The molecule has 0 unspecified atom stereocenters. The monoisotopic (exact) mass is 259 g/mol. The Kier molecular flexibility index (Phi) is 3.21. The van der Waals surface area contributed by atoms with Gasteiger partial charge in [-0.15, -0.1) is 0 Å². The summed E-state index contributed by atoms with van der Waals surface area (Å²) in [5.41, 5.74) is 1.51. The van der Waals surface area contributed by atoms with Crippen molar-refractivity contribution in [2.75, 3.05) is 36.4 Å². The molecule has 0 aliphatic carbocycles. The number of likely N-dealkylation sites (tertiary alicyclic amines) is 1. The van der Waals surface area contributed by atoms with Crippen LogP contribution in [0.15, 0.2) is 24.3 Å². The molecule has 3 rings (SSSR count). The predicted octanol–water partition coefficient (Wildman–Crippen LogP) is 1.07. The van der Waals surface area contributed by atoms with Crippen LogP contribution in [-0.2, 0) is 9.59 Å². The Morgan fingerprint density at radius 2 is 1.95 bits per heavy atom. The van der Waals surface area contributed by atoms with E-state index in [-0.39, 0.29) is 18.4 Å². The van der Waals surface area contributed by atoms with E-state index in [4.69, 9.17) is 0 Å². The first-order chi connectivity index (χ1) is 9.24. The Bertz CT molecular complexity index is 509. The molecule has 2 aliphatic heterocycles. The van der Waals surface area contributed by atoms with Crippen molar-refractivity contribution >= 4 is 23.2 Å². The first-order valence-corrected chi connectivity index (χ1v) is 6.65. The lowest BCUT2D eigenvalue weighted by molar-refractivity contribution is -0.122. The number of benzene rings is 1. The number of hydrogen-bond acceptors (Lipinski definition) is 3. The van der Waals surface area contributed by atoms with Gasteiger partial charge in [0.25, 0.3) is 0 Å². The molecule has 5 heteroatoms. The van der Waals surface area contributed by atoms with Gasteiger partial charge in [-0.05, 0) is 38.1 Å². The first-order valence-electron chi connectivity index (χ1n) is 6.65. The molecule has 0 saturated carbocycles. The van der Waals surface area contributed by atoms with Crippen molar-refractivity contribution in [3.8, 4) is 0 Å². The van der Waals surface area contributed by atoms with Crippen molar-refractivity contribution in [3.63, 3.8) is 0 Å². The van der Waals surface area contributed by atoms with Gasteiger partial charge in [0.1, 0.15) is 6.54 Å². The molecule has 0 radical (unpaired) electrons. The molecule has 1 saturated heterocycles. The molecule has 2 amide bonds. The van der Waals surface area contributed by atoms with Crippen LogP contribution in [0.1, 0.15) is 12.8 Å². The standard InChI is InChI=1S/C14H17N3O2/c18-13-9-17(12-6-2-1-5-11(12)15-13)14(19)10-16-7-3-4-8-16/h1-2,5-6H,3-4,7-10H2,(H,15,18). The third-order valence-corrected chi connectivity index (χ3v) is 3.63. The van der Waals surface area contributed by atoms with E-state index in [2.05, 4.69) is 10.2 Å². The second-order valence-electron chi connectivity index (χ2n) is 5.03. The van der Waals surface area contributed by atoms with Crippen molar-refractivity contribution in [1.82, 2.24) is 4.90 Å². The maximum Gasteiger partial charge on any atom is 0.244 e.